The summed E-state index contributed by atoms with van der Waals surface area (Å²) in [5.41, 5.74) is 0.876. The van der Waals surface area contributed by atoms with Gasteiger partial charge < -0.3 is 9.67 Å². The van der Waals surface area contributed by atoms with Gasteiger partial charge in [0.2, 0.25) is 0 Å². The largest absolute Gasteiger partial charge is 0.508 e. The van der Waals surface area contributed by atoms with Crippen LogP contribution in [0.2, 0.25) is 0 Å². The number of nitrogens with zero attached hydrogens (tertiary/aromatic N) is 4. The number of aromatic nitrogens is 3. The SMILES string of the molecule is Cn1c(SCC#N)nnc1-c1ccc(O)cc1. The Morgan fingerprint density at radius 3 is 2.71 bits per heavy atom. The van der Waals surface area contributed by atoms with E-state index in [0.29, 0.717) is 16.7 Å². The first-order chi connectivity index (χ1) is 8.22. The van der Waals surface area contributed by atoms with E-state index in [1.54, 1.807) is 24.3 Å². The van der Waals surface area contributed by atoms with Crippen molar-refractivity contribution in [2.45, 2.75) is 5.16 Å². The Bertz CT molecular complexity index is 556. The number of hydrogen-bond donors (Lipinski definition) is 1. The molecule has 0 fully saturated rings. The van der Waals surface area contributed by atoms with Gasteiger partial charge in [-0.15, -0.1) is 10.2 Å². The molecular weight excluding hydrogens is 236 g/mol. The maximum atomic E-state index is 9.21. The quantitative estimate of drug-likeness (QED) is 0.836. The Labute approximate surface area is 103 Å². The highest BCUT2D eigenvalue weighted by Crippen LogP contribution is 2.23. The maximum absolute atomic E-state index is 9.21. The van der Waals surface area contributed by atoms with Crippen molar-refractivity contribution in [2.24, 2.45) is 7.05 Å². The van der Waals surface area contributed by atoms with Crippen molar-refractivity contribution in [3.8, 4) is 23.2 Å². The van der Waals surface area contributed by atoms with E-state index in [1.165, 1.54) is 11.8 Å². The molecule has 0 atom stereocenters. The van der Waals surface area contributed by atoms with Crippen molar-refractivity contribution in [1.29, 1.82) is 5.26 Å². The third-order valence-electron chi connectivity index (χ3n) is 2.23. The topological polar surface area (TPSA) is 74.7 Å². The van der Waals surface area contributed by atoms with Gasteiger partial charge in [0.15, 0.2) is 11.0 Å². The Hall–Kier alpha value is -2.00. The van der Waals surface area contributed by atoms with Crippen molar-refractivity contribution < 1.29 is 5.11 Å². The average Bonchev–Trinajstić information content (AvgIpc) is 2.69. The van der Waals surface area contributed by atoms with Gasteiger partial charge in [-0.1, -0.05) is 11.8 Å². The van der Waals surface area contributed by atoms with E-state index in [0.717, 1.165) is 5.56 Å². The normalized spacial score (nSPS) is 10.1. The molecule has 0 unspecified atom stereocenters. The second kappa shape index (κ2) is 4.89. The molecule has 0 radical (unpaired) electrons. The number of hydrogen-bond acceptors (Lipinski definition) is 5. The van der Waals surface area contributed by atoms with Gasteiger partial charge in [0, 0.05) is 12.6 Å². The van der Waals surface area contributed by atoms with Gasteiger partial charge in [0.05, 0.1) is 11.8 Å². The standard InChI is InChI=1S/C11H10N4OS/c1-15-10(8-2-4-9(16)5-3-8)13-14-11(15)17-7-6-12/h2-5,16H,7H2,1H3. The summed E-state index contributed by atoms with van der Waals surface area (Å²) in [4.78, 5) is 0. The lowest BCUT2D eigenvalue weighted by molar-refractivity contribution is 0.475. The van der Waals surface area contributed by atoms with Crippen molar-refractivity contribution in [3.05, 3.63) is 24.3 Å². The molecule has 5 nitrogen and oxygen atoms in total. The summed E-state index contributed by atoms with van der Waals surface area (Å²) < 4.78 is 1.83. The first kappa shape index (κ1) is 11.5. The number of thioether (sulfide) groups is 1. The molecule has 0 aliphatic carbocycles. The Balaban J connectivity index is 2.31. The molecule has 0 saturated carbocycles. The number of benzene rings is 1. The predicted octanol–water partition coefficient (Wildman–Crippen LogP) is 1.80. The van der Waals surface area contributed by atoms with Crippen LogP contribution >= 0.6 is 11.8 Å². The number of nitriles is 1. The second-order valence-electron chi connectivity index (χ2n) is 3.36. The summed E-state index contributed by atoms with van der Waals surface area (Å²) in [5, 5.41) is 26.5. The first-order valence-electron chi connectivity index (χ1n) is 4.91. The Morgan fingerprint density at radius 2 is 2.06 bits per heavy atom. The molecule has 1 aromatic heterocycles. The molecule has 1 heterocycles. The lowest BCUT2D eigenvalue weighted by Gasteiger charge is -2.02. The lowest BCUT2D eigenvalue weighted by Crippen LogP contribution is -1.94. The predicted molar refractivity (Wildman–Crippen MR) is 64.4 cm³/mol. The molecular formula is C11H10N4OS. The zero-order valence-electron chi connectivity index (χ0n) is 9.16. The minimum absolute atomic E-state index is 0.218. The van der Waals surface area contributed by atoms with E-state index in [9.17, 15) is 5.11 Å². The minimum Gasteiger partial charge on any atom is -0.508 e. The van der Waals surface area contributed by atoms with Crippen LogP contribution in [0, 0.1) is 11.3 Å². The molecule has 0 aliphatic heterocycles. The highest BCUT2D eigenvalue weighted by Gasteiger charge is 2.10. The van der Waals surface area contributed by atoms with Crippen LogP contribution in [0.15, 0.2) is 29.4 Å². The van der Waals surface area contributed by atoms with Gasteiger partial charge in [-0.2, -0.15) is 5.26 Å². The fraction of sp³-hybridized carbons (Fsp3) is 0.182. The van der Waals surface area contributed by atoms with Crippen LogP contribution < -0.4 is 0 Å². The zero-order chi connectivity index (χ0) is 12.3. The van der Waals surface area contributed by atoms with E-state index in [2.05, 4.69) is 10.2 Å². The van der Waals surface area contributed by atoms with Crippen LogP contribution in [-0.4, -0.2) is 25.6 Å². The number of aromatic hydroxyl groups is 1. The average molecular weight is 246 g/mol. The van der Waals surface area contributed by atoms with Crippen LogP contribution in [0.25, 0.3) is 11.4 Å². The summed E-state index contributed by atoms with van der Waals surface area (Å²) in [7, 11) is 1.85. The molecule has 0 bridgehead atoms. The number of phenolic OH excluding ortho intramolecular Hbond substituents is 1. The number of rotatable bonds is 3. The summed E-state index contributed by atoms with van der Waals surface area (Å²) in [6, 6.07) is 8.81. The zero-order valence-corrected chi connectivity index (χ0v) is 9.98. The van der Waals surface area contributed by atoms with Crippen LogP contribution in [0.4, 0.5) is 0 Å². The Morgan fingerprint density at radius 1 is 1.35 bits per heavy atom. The van der Waals surface area contributed by atoms with E-state index in [-0.39, 0.29) is 5.75 Å². The fourth-order valence-corrected chi connectivity index (χ4v) is 1.97. The third-order valence-corrected chi connectivity index (χ3v) is 3.11. The monoisotopic (exact) mass is 246 g/mol. The van der Waals surface area contributed by atoms with Gasteiger partial charge in [-0.3, -0.25) is 0 Å². The minimum atomic E-state index is 0.218. The molecule has 2 aromatic rings. The highest BCUT2D eigenvalue weighted by molar-refractivity contribution is 7.99. The summed E-state index contributed by atoms with van der Waals surface area (Å²) in [5.74, 6) is 1.28. The molecule has 0 saturated heterocycles. The highest BCUT2D eigenvalue weighted by atomic mass is 32.2. The molecule has 0 aliphatic rings. The first-order valence-corrected chi connectivity index (χ1v) is 5.89. The fourth-order valence-electron chi connectivity index (χ4n) is 1.40. The summed E-state index contributed by atoms with van der Waals surface area (Å²) >= 11 is 1.34. The molecule has 6 heteroatoms. The molecule has 1 N–H and O–H groups in total. The van der Waals surface area contributed by atoms with Crippen LogP contribution in [0.1, 0.15) is 0 Å². The molecule has 17 heavy (non-hydrogen) atoms. The summed E-state index contributed by atoms with van der Waals surface area (Å²) in [6.45, 7) is 0. The van der Waals surface area contributed by atoms with Crippen molar-refractivity contribution >= 4 is 11.8 Å². The van der Waals surface area contributed by atoms with E-state index >= 15 is 0 Å². The van der Waals surface area contributed by atoms with E-state index in [1.807, 2.05) is 17.7 Å². The van der Waals surface area contributed by atoms with Crippen molar-refractivity contribution in [3.63, 3.8) is 0 Å². The van der Waals surface area contributed by atoms with E-state index < -0.39 is 0 Å². The molecule has 86 valence electrons. The molecule has 2 rings (SSSR count). The smallest absolute Gasteiger partial charge is 0.192 e. The number of phenols is 1. The lowest BCUT2D eigenvalue weighted by atomic mass is 10.2. The van der Waals surface area contributed by atoms with E-state index in [4.69, 9.17) is 5.26 Å². The van der Waals surface area contributed by atoms with Crippen molar-refractivity contribution in [2.75, 3.05) is 5.75 Å². The van der Waals surface area contributed by atoms with Gasteiger partial charge in [0.1, 0.15) is 5.75 Å². The maximum Gasteiger partial charge on any atom is 0.192 e. The third kappa shape index (κ3) is 2.40. The Kier molecular flexibility index (Phi) is 3.30. The second-order valence-corrected chi connectivity index (χ2v) is 4.30. The molecule has 1 aromatic carbocycles. The van der Waals surface area contributed by atoms with Crippen LogP contribution in [0.3, 0.4) is 0 Å². The van der Waals surface area contributed by atoms with Crippen LogP contribution in [0.5, 0.6) is 5.75 Å². The van der Waals surface area contributed by atoms with Gasteiger partial charge in [-0.25, -0.2) is 0 Å². The van der Waals surface area contributed by atoms with Crippen molar-refractivity contribution in [1.82, 2.24) is 14.8 Å². The van der Waals surface area contributed by atoms with Gasteiger partial charge in [-0.05, 0) is 24.3 Å². The molecule has 0 amide bonds. The van der Waals surface area contributed by atoms with Crippen LogP contribution in [-0.2, 0) is 7.05 Å². The van der Waals surface area contributed by atoms with Gasteiger partial charge >= 0.3 is 0 Å². The van der Waals surface area contributed by atoms with Gasteiger partial charge in [0.25, 0.3) is 0 Å². The summed E-state index contributed by atoms with van der Waals surface area (Å²) in [6.07, 6.45) is 0. The molecule has 0 spiro atoms.